The molecule has 0 amide bonds. The number of aliphatic hydroxyl groups excluding tert-OH is 1. The summed E-state index contributed by atoms with van der Waals surface area (Å²) in [6, 6.07) is 6.85. The summed E-state index contributed by atoms with van der Waals surface area (Å²) in [5, 5.41) is 9.49. The first-order chi connectivity index (χ1) is 14.1. The molecule has 6 atom stereocenters. The molecule has 3 nitrogen and oxygen atoms in total. The zero-order valence-electron chi connectivity index (χ0n) is 18.0. The van der Waals surface area contributed by atoms with E-state index in [1.165, 1.54) is 43.2 Å². The second-order valence-electron chi connectivity index (χ2n) is 10.2. The number of ether oxygens (including phenoxy) is 2. The van der Waals surface area contributed by atoms with Crippen molar-refractivity contribution in [3.63, 3.8) is 0 Å². The summed E-state index contributed by atoms with van der Waals surface area (Å²) in [5.41, 5.74) is 4.90. The van der Waals surface area contributed by atoms with E-state index in [1.54, 1.807) is 5.56 Å². The molecule has 3 aliphatic carbocycles. The van der Waals surface area contributed by atoms with Crippen LogP contribution in [0, 0.1) is 23.2 Å². The molecule has 0 bridgehead atoms. The minimum atomic E-state index is -0.0684. The van der Waals surface area contributed by atoms with Crippen molar-refractivity contribution < 1.29 is 14.6 Å². The maximum absolute atomic E-state index is 9.49. The lowest BCUT2D eigenvalue weighted by Crippen LogP contribution is -2.43. The van der Waals surface area contributed by atoms with E-state index in [-0.39, 0.29) is 12.9 Å². The van der Waals surface area contributed by atoms with Crippen LogP contribution < -0.4 is 4.74 Å². The normalized spacial score (nSPS) is 40.2. The van der Waals surface area contributed by atoms with E-state index >= 15 is 0 Å². The molecule has 2 saturated carbocycles. The van der Waals surface area contributed by atoms with Gasteiger partial charge in [-0.2, -0.15) is 0 Å². The molecule has 0 radical (unpaired) electrons. The second-order valence-corrected chi connectivity index (χ2v) is 10.2. The number of allylic oxidation sites excluding steroid dienone is 1. The van der Waals surface area contributed by atoms with Crippen LogP contribution in [0.3, 0.4) is 0 Å². The lowest BCUT2D eigenvalue weighted by Gasteiger charge is -2.52. The van der Waals surface area contributed by atoms with Crippen molar-refractivity contribution in [3.8, 4) is 5.75 Å². The Morgan fingerprint density at radius 2 is 2.14 bits per heavy atom. The molecule has 29 heavy (non-hydrogen) atoms. The number of hydrogen-bond acceptors (Lipinski definition) is 3. The molecule has 1 aliphatic heterocycles. The number of rotatable bonds is 3. The summed E-state index contributed by atoms with van der Waals surface area (Å²) in [7, 11) is 0. The minimum absolute atomic E-state index is 0.0684. The summed E-state index contributed by atoms with van der Waals surface area (Å²) in [6.45, 7) is 5.96. The van der Waals surface area contributed by atoms with Gasteiger partial charge in [-0.3, -0.25) is 0 Å². The molecule has 6 unspecified atom stereocenters. The Morgan fingerprint density at radius 1 is 1.24 bits per heavy atom. The third-order valence-electron chi connectivity index (χ3n) is 8.64. The first kappa shape index (κ1) is 19.6. The average Bonchev–Trinajstić information content (AvgIpc) is 3.05. The van der Waals surface area contributed by atoms with Crippen LogP contribution in [0.25, 0.3) is 0 Å². The molecular formula is C26H36O3. The molecule has 3 fully saturated rings. The fourth-order valence-corrected chi connectivity index (χ4v) is 7.28. The average molecular weight is 397 g/mol. The second kappa shape index (κ2) is 7.74. The highest BCUT2D eigenvalue weighted by molar-refractivity contribution is 5.42. The number of fused-ring (bicyclic) bond motifs is 5. The molecule has 0 spiro atoms. The Labute approximate surface area is 175 Å². The quantitative estimate of drug-likeness (QED) is 0.675. The van der Waals surface area contributed by atoms with E-state index in [4.69, 9.17) is 9.47 Å². The van der Waals surface area contributed by atoms with Gasteiger partial charge in [0.05, 0.1) is 13.2 Å². The Hall–Kier alpha value is -1.32. The Bertz CT molecular complexity index is 778. The van der Waals surface area contributed by atoms with Gasteiger partial charge >= 0.3 is 0 Å². The summed E-state index contributed by atoms with van der Waals surface area (Å²) in [6.07, 6.45) is 11.5. The highest BCUT2D eigenvalue weighted by Crippen LogP contribution is 2.63. The molecule has 0 aromatic heterocycles. The van der Waals surface area contributed by atoms with Gasteiger partial charge in [0, 0.05) is 6.42 Å². The molecule has 3 heteroatoms. The van der Waals surface area contributed by atoms with Gasteiger partial charge in [0.1, 0.15) is 5.75 Å². The lowest BCUT2D eigenvalue weighted by atomic mass is 9.52. The van der Waals surface area contributed by atoms with Gasteiger partial charge in [-0.25, -0.2) is 0 Å². The zero-order chi connectivity index (χ0) is 20.0. The van der Waals surface area contributed by atoms with Crippen LogP contribution >= 0.6 is 0 Å². The smallest absolute Gasteiger partial charge is 0.199 e. The number of aliphatic hydroxyl groups is 1. The molecule has 5 rings (SSSR count). The summed E-state index contributed by atoms with van der Waals surface area (Å²) in [5.74, 6) is 3.89. The molecular weight excluding hydrogens is 360 g/mol. The molecule has 1 aromatic rings. The predicted molar refractivity (Wildman–Crippen MR) is 115 cm³/mol. The predicted octanol–water partition coefficient (Wildman–Crippen LogP) is 5.61. The first-order valence-corrected chi connectivity index (χ1v) is 11.8. The lowest BCUT2D eigenvalue weighted by molar-refractivity contribution is -0.105. The monoisotopic (exact) mass is 396 g/mol. The topological polar surface area (TPSA) is 38.7 Å². The Balaban J connectivity index is 1.39. The van der Waals surface area contributed by atoms with Crippen LogP contribution in [-0.2, 0) is 11.2 Å². The van der Waals surface area contributed by atoms with Crippen molar-refractivity contribution in [2.75, 3.05) is 13.2 Å². The molecule has 1 aromatic carbocycles. The van der Waals surface area contributed by atoms with Crippen LogP contribution in [0.1, 0.15) is 75.8 Å². The van der Waals surface area contributed by atoms with E-state index in [0.29, 0.717) is 17.3 Å². The van der Waals surface area contributed by atoms with E-state index < -0.39 is 0 Å². The molecule has 1 heterocycles. The highest BCUT2D eigenvalue weighted by Gasteiger charge is 2.54. The SMILES string of the molecule is CC1Cc2cc(OC3CCCCO3)ccc2C2CCC3(C)/C(=C/CO)CCC3C12. The van der Waals surface area contributed by atoms with Crippen molar-refractivity contribution in [2.45, 2.75) is 77.4 Å². The maximum atomic E-state index is 9.49. The van der Waals surface area contributed by atoms with Crippen molar-refractivity contribution in [1.29, 1.82) is 0 Å². The molecule has 158 valence electrons. The third-order valence-corrected chi connectivity index (χ3v) is 8.64. The minimum Gasteiger partial charge on any atom is -0.465 e. The van der Waals surface area contributed by atoms with E-state index in [2.05, 4.69) is 38.1 Å². The van der Waals surface area contributed by atoms with Crippen LogP contribution in [-0.4, -0.2) is 24.6 Å². The van der Waals surface area contributed by atoms with Crippen LogP contribution in [0.5, 0.6) is 5.75 Å². The zero-order valence-corrected chi connectivity index (χ0v) is 18.0. The van der Waals surface area contributed by atoms with Gasteiger partial charge in [0.15, 0.2) is 6.29 Å². The summed E-state index contributed by atoms with van der Waals surface area (Å²) >= 11 is 0. The molecule has 1 N–H and O–H groups in total. The van der Waals surface area contributed by atoms with Gasteiger partial charge in [0.25, 0.3) is 0 Å². The number of benzene rings is 1. The van der Waals surface area contributed by atoms with Crippen molar-refractivity contribution >= 4 is 0 Å². The van der Waals surface area contributed by atoms with Crippen LogP contribution in [0.15, 0.2) is 29.8 Å². The van der Waals surface area contributed by atoms with E-state index in [0.717, 1.165) is 43.5 Å². The molecule has 4 aliphatic rings. The first-order valence-electron chi connectivity index (χ1n) is 11.8. The van der Waals surface area contributed by atoms with Gasteiger partial charge in [-0.15, -0.1) is 0 Å². The van der Waals surface area contributed by atoms with Gasteiger partial charge in [-0.1, -0.05) is 31.6 Å². The Morgan fingerprint density at radius 3 is 2.93 bits per heavy atom. The van der Waals surface area contributed by atoms with Gasteiger partial charge < -0.3 is 14.6 Å². The maximum Gasteiger partial charge on any atom is 0.199 e. The summed E-state index contributed by atoms with van der Waals surface area (Å²) in [4.78, 5) is 0. The van der Waals surface area contributed by atoms with Crippen molar-refractivity contribution in [2.24, 2.45) is 23.2 Å². The highest BCUT2D eigenvalue weighted by atomic mass is 16.7. The summed E-state index contributed by atoms with van der Waals surface area (Å²) < 4.78 is 11.9. The van der Waals surface area contributed by atoms with E-state index in [1.807, 2.05) is 0 Å². The van der Waals surface area contributed by atoms with Gasteiger partial charge in [-0.05, 0) is 97.3 Å². The van der Waals surface area contributed by atoms with Crippen molar-refractivity contribution in [3.05, 3.63) is 41.0 Å². The van der Waals surface area contributed by atoms with Crippen LogP contribution in [0.4, 0.5) is 0 Å². The molecule has 1 saturated heterocycles. The fraction of sp³-hybridized carbons (Fsp3) is 0.692. The number of hydrogen-bond donors (Lipinski definition) is 1. The van der Waals surface area contributed by atoms with Crippen LogP contribution in [0.2, 0.25) is 0 Å². The Kier molecular flexibility index (Phi) is 5.24. The fourth-order valence-electron chi connectivity index (χ4n) is 7.28. The standard InChI is InChI=1S/C26H36O3/c1-17-15-18-16-20(29-24-5-3-4-14-28-24)7-8-21(18)22-10-12-26(2)19(11-13-27)6-9-23(26)25(17)22/h7-8,11,16-17,22-25,27H,3-6,9-10,12-15H2,1-2H3/b19-11+. The van der Waals surface area contributed by atoms with E-state index in [9.17, 15) is 5.11 Å². The largest absolute Gasteiger partial charge is 0.465 e. The van der Waals surface area contributed by atoms with Gasteiger partial charge in [0.2, 0.25) is 0 Å². The third kappa shape index (κ3) is 3.35. The van der Waals surface area contributed by atoms with Crippen molar-refractivity contribution in [1.82, 2.24) is 0 Å².